The van der Waals surface area contributed by atoms with E-state index in [-0.39, 0.29) is 0 Å². The van der Waals surface area contributed by atoms with E-state index in [2.05, 4.69) is 9.97 Å². The molecule has 2 N–H and O–H groups in total. The molecule has 6 nitrogen and oxygen atoms in total. The zero-order valence-corrected chi connectivity index (χ0v) is 12.0. The van der Waals surface area contributed by atoms with E-state index < -0.39 is 5.97 Å². The van der Waals surface area contributed by atoms with Crippen LogP contribution >= 0.6 is 0 Å². The van der Waals surface area contributed by atoms with Gasteiger partial charge in [-0.25, -0.2) is 14.8 Å². The minimum atomic E-state index is -0.412. The molecule has 110 valence electrons. The molecule has 6 heteroatoms. The number of hydrogen-bond acceptors (Lipinski definition) is 5. The van der Waals surface area contributed by atoms with Gasteiger partial charge in [0.2, 0.25) is 0 Å². The molecule has 1 aliphatic carbocycles. The summed E-state index contributed by atoms with van der Waals surface area (Å²) in [5, 5.41) is 0. The molecule has 2 aromatic rings. The Morgan fingerprint density at radius 2 is 2.19 bits per heavy atom. The van der Waals surface area contributed by atoms with Gasteiger partial charge in [0, 0.05) is 5.69 Å². The Kier molecular flexibility index (Phi) is 3.60. The van der Waals surface area contributed by atoms with Crippen molar-refractivity contribution in [3.63, 3.8) is 0 Å². The maximum atomic E-state index is 12.1. The standard InChI is InChI=1S/C15H18N4O2/c1-2-21-15(20)11-7-10(16)8-17-14(11)19-9-18-12-5-3-4-6-13(12)19/h7-9H,2-6,16H2,1H3. The highest BCUT2D eigenvalue weighted by molar-refractivity contribution is 5.93. The summed E-state index contributed by atoms with van der Waals surface area (Å²) in [5.74, 6) is 0.129. The molecule has 0 radical (unpaired) electrons. The van der Waals surface area contributed by atoms with Crippen LogP contribution in [0.3, 0.4) is 0 Å². The summed E-state index contributed by atoms with van der Waals surface area (Å²) in [4.78, 5) is 20.9. The van der Waals surface area contributed by atoms with E-state index in [1.165, 1.54) is 0 Å². The lowest BCUT2D eigenvalue weighted by molar-refractivity contribution is 0.0526. The van der Waals surface area contributed by atoms with Crippen LogP contribution in [0.1, 0.15) is 41.5 Å². The number of nitrogens with two attached hydrogens (primary N) is 1. The Morgan fingerprint density at radius 1 is 1.38 bits per heavy atom. The first-order chi connectivity index (χ1) is 10.2. The van der Waals surface area contributed by atoms with Crippen molar-refractivity contribution in [3.8, 4) is 5.82 Å². The molecule has 0 spiro atoms. The van der Waals surface area contributed by atoms with Crippen LogP contribution in [-0.4, -0.2) is 27.1 Å². The maximum Gasteiger partial charge on any atom is 0.342 e. The monoisotopic (exact) mass is 286 g/mol. The van der Waals surface area contributed by atoms with Gasteiger partial charge in [0.15, 0.2) is 5.82 Å². The second-order valence-electron chi connectivity index (χ2n) is 5.08. The molecular formula is C15H18N4O2. The van der Waals surface area contributed by atoms with E-state index in [0.29, 0.717) is 23.7 Å². The molecule has 0 unspecified atom stereocenters. The number of aryl methyl sites for hydroxylation is 1. The van der Waals surface area contributed by atoms with Crippen LogP contribution in [0.25, 0.3) is 5.82 Å². The third-order valence-corrected chi connectivity index (χ3v) is 3.64. The Balaban J connectivity index is 2.10. The number of carbonyl (C=O) groups is 1. The number of imidazole rings is 1. The maximum absolute atomic E-state index is 12.1. The van der Waals surface area contributed by atoms with Gasteiger partial charge >= 0.3 is 5.97 Å². The molecule has 0 bridgehead atoms. The molecule has 0 atom stereocenters. The van der Waals surface area contributed by atoms with Crippen LogP contribution < -0.4 is 5.73 Å². The molecule has 0 aliphatic heterocycles. The lowest BCUT2D eigenvalue weighted by Crippen LogP contribution is -2.14. The van der Waals surface area contributed by atoms with E-state index in [0.717, 1.165) is 37.1 Å². The van der Waals surface area contributed by atoms with Crippen molar-refractivity contribution in [3.05, 3.63) is 35.5 Å². The molecule has 0 aromatic carbocycles. The van der Waals surface area contributed by atoms with Crippen molar-refractivity contribution in [2.75, 3.05) is 12.3 Å². The fourth-order valence-electron chi connectivity index (χ4n) is 2.68. The van der Waals surface area contributed by atoms with Crippen molar-refractivity contribution in [1.82, 2.24) is 14.5 Å². The summed E-state index contributed by atoms with van der Waals surface area (Å²) < 4.78 is 6.99. The number of pyridine rings is 1. The zero-order chi connectivity index (χ0) is 14.8. The van der Waals surface area contributed by atoms with Gasteiger partial charge in [-0.3, -0.25) is 4.57 Å². The first-order valence-corrected chi connectivity index (χ1v) is 7.18. The predicted octanol–water partition coefficient (Wildman–Crippen LogP) is 1.91. The largest absolute Gasteiger partial charge is 0.462 e. The first kappa shape index (κ1) is 13.6. The number of rotatable bonds is 3. The number of esters is 1. The van der Waals surface area contributed by atoms with Crippen LogP contribution in [0, 0.1) is 0 Å². The van der Waals surface area contributed by atoms with Crippen LogP contribution in [0.15, 0.2) is 18.6 Å². The lowest BCUT2D eigenvalue weighted by atomic mass is 10.0. The van der Waals surface area contributed by atoms with Gasteiger partial charge < -0.3 is 10.5 Å². The average molecular weight is 286 g/mol. The van der Waals surface area contributed by atoms with Crippen molar-refractivity contribution in [2.24, 2.45) is 0 Å². The Hall–Kier alpha value is -2.37. The summed E-state index contributed by atoms with van der Waals surface area (Å²) >= 11 is 0. The lowest BCUT2D eigenvalue weighted by Gasteiger charge is -2.15. The van der Waals surface area contributed by atoms with Gasteiger partial charge in [-0.15, -0.1) is 0 Å². The Labute approximate surface area is 123 Å². The summed E-state index contributed by atoms with van der Waals surface area (Å²) in [7, 11) is 0. The van der Waals surface area contributed by atoms with E-state index in [1.807, 2.05) is 4.57 Å². The second-order valence-corrected chi connectivity index (χ2v) is 5.08. The van der Waals surface area contributed by atoms with E-state index in [4.69, 9.17) is 10.5 Å². The highest BCUT2D eigenvalue weighted by Gasteiger charge is 2.21. The molecule has 0 amide bonds. The predicted molar refractivity (Wildman–Crippen MR) is 78.4 cm³/mol. The van der Waals surface area contributed by atoms with Crippen molar-refractivity contribution in [1.29, 1.82) is 0 Å². The third kappa shape index (κ3) is 2.49. The van der Waals surface area contributed by atoms with Gasteiger partial charge in [-0.05, 0) is 38.7 Å². The smallest absolute Gasteiger partial charge is 0.342 e. The number of aromatic nitrogens is 3. The first-order valence-electron chi connectivity index (χ1n) is 7.18. The van der Waals surface area contributed by atoms with E-state index >= 15 is 0 Å². The highest BCUT2D eigenvalue weighted by Crippen LogP contribution is 2.25. The van der Waals surface area contributed by atoms with Gasteiger partial charge in [0.05, 0.1) is 24.2 Å². The molecular weight excluding hydrogens is 268 g/mol. The number of carbonyl (C=O) groups excluding carboxylic acids is 1. The van der Waals surface area contributed by atoms with Gasteiger partial charge in [0.1, 0.15) is 11.9 Å². The average Bonchev–Trinajstić information content (AvgIpc) is 2.91. The summed E-state index contributed by atoms with van der Waals surface area (Å²) in [5.41, 5.74) is 8.80. The fraction of sp³-hybridized carbons (Fsp3) is 0.400. The van der Waals surface area contributed by atoms with Crippen LogP contribution in [0.5, 0.6) is 0 Å². The molecule has 2 heterocycles. The molecule has 1 aliphatic rings. The number of hydrogen-bond donors (Lipinski definition) is 1. The van der Waals surface area contributed by atoms with E-state index in [1.54, 1.807) is 25.5 Å². The molecule has 2 aromatic heterocycles. The molecule has 0 saturated heterocycles. The Bertz CT molecular complexity index is 678. The molecule has 3 rings (SSSR count). The summed E-state index contributed by atoms with van der Waals surface area (Å²) in [6.07, 6.45) is 7.49. The number of nitrogens with zero attached hydrogens (tertiary/aromatic N) is 3. The molecule has 21 heavy (non-hydrogen) atoms. The van der Waals surface area contributed by atoms with E-state index in [9.17, 15) is 4.79 Å². The highest BCUT2D eigenvalue weighted by atomic mass is 16.5. The summed E-state index contributed by atoms with van der Waals surface area (Å²) in [6.45, 7) is 2.09. The number of nitrogen functional groups attached to an aromatic ring is 1. The quantitative estimate of drug-likeness (QED) is 0.871. The topological polar surface area (TPSA) is 83.0 Å². The SMILES string of the molecule is CCOC(=O)c1cc(N)cnc1-n1cnc2c1CCCC2. The normalized spacial score (nSPS) is 13.8. The minimum Gasteiger partial charge on any atom is -0.462 e. The second kappa shape index (κ2) is 5.55. The van der Waals surface area contributed by atoms with Crippen LogP contribution in [0.2, 0.25) is 0 Å². The summed E-state index contributed by atoms with van der Waals surface area (Å²) in [6, 6.07) is 1.61. The van der Waals surface area contributed by atoms with Gasteiger partial charge in [-0.2, -0.15) is 0 Å². The van der Waals surface area contributed by atoms with Crippen LogP contribution in [0.4, 0.5) is 5.69 Å². The fourth-order valence-corrected chi connectivity index (χ4v) is 2.68. The number of ether oxygens (including phenoxy) is 1. The minimum absolute atomic E-state index is 0.315. The van der Waals surface area contributed by atoms with Crippen molar-refractivity contribution in [2.45, 2.75) is 32.6 Å². The van der Waals surface area contributed by atoms with Gasteiger partial charge in [0.25, 0.3) is 0 Å². The molecule has 0 saturated carbocycles. The Morgan fingerprint density at radius 3 is 3.00 bits per heavy atom. The van der Waals surface area contributed by atoms with Gasteiger partial charge in [-0.1, -0.05) is 0 Å². The van der Waals surface area contributed by atoms with Crippen molar-refractivity contribution >= 4 is 11.7 Å². The van der Waals surface area contributed by atoms with Crippen molar-refractivity contribution < 1.29 is 9.53 Å². The third-order valence-electron chi connectivity index (χ3n) is 3.64. The number of anilines is 1. The molecule has 0 fully saturated rings. The zero-order valence-electron chi connectivity index (χ0n) is 12.0. The van der Waals surface area contributed by atoms with Crippen LogP contribution in [-0.2, 0) is 17.6 Å². The number of fused-ring (bicyclic) bond motifs is 1.